The number of hydrogen-bond acceptors (Lipinski definition) is 7. The number of carbonyl (C=O) groups excluding carboxylic acids is 2. The van der Waals surface area contributed by atoms with E-state index in [0.29, 0.717) is 11.4 Å². The molecule has 32 heavy (non-hydrogen) atoms. The maximum Gasteiger partial charge on any atom is 0.341 e. The molecule has 0 saturated carbocycles. The lowest BCUT2D eigenvalue weighted by Crippen LogP contribution is -2.41. The molecule has 2 aromatic rings. The molecule has 1 aromatic heterocycles. The molecular weight excluding hydrogens is 459 g/mol. The highest BCUT2D eigenvalue weighted by Crippen LogP contribution is 2.31. The lowest BCUT2D eigenvalue weighted by atomic mass is 10.0. The average Bonchev–Trinajstić information content (AvgIpc) is 3.15. The molecule has 174 valence electrons. The van der Waals surface area contributed by atoms with Gasteiger partial charge in [0.15, 0.2) is 0 Å². The number of amides is 1. The summed E-state index contributed by atoms with van der Waals surface area (Å²) < 4.78 is 51.3. The number of carbonyl (C=O) groups is 2. The molecule has 1 fully saturated rings. The Hall–Kier alpha value is -2.34. The van der Waals surface area contributed by atoms with Crippen LogP contribution in [0.2, 0.25) is 0 Å². The van der Waals surface area contributed by atoms with Gasteiger partial charge in [-0.2, -0.15) is 4.31 Å². The van der Waals surface area contributed by atoms with Gasteiger partial charge in [-0.15, -0.1) is 11.3 Å². The van der Waals surface area contributed by atoms with Crippen molar-refractivity contribution in [3.63, 3.8) is 0 Å². The van der Waals surface area contributed by atoms with Crippen molar-refractivity contribution in [3.05, 3.63) is 46.1 Å². The van der Waals surface area contributed by atoms with Crippen LogP contribution >= 0.6 is 11.3 Å². The first-order valence-corrected chi connectivity index (χ1v) is 12.3. The molecule has 0 atom stereocenters. The molecule has 1 amide bonds. The largest absolute Gasteiger partial charge is 0.465 e. The van der Waals surface area contributed by atoms with Crippen LogP contribution in [-0.4, -0.2) is 58.0 Å². The summed E-state index contributed by atoms with van der Waals surface area (Å²) in [5, 5.41) is 4.71. The number of esters is 1. The first-order chi connectivity index (χ1) is 15.1. The third-order valence-electron chi connectivity index (χ3n) is 4.89. The summed E-state index contributed by atoms with van der Waals surface area (Å²) in [6.07, 6.45) is 0.620. The highest BCUT2D eigenvalue weighted by Gasteiger charge is 2.30. The van der Waals surface area contributed by atoms with Crippen molar-refractivity contribution in [3.8, 4) is 0 Å². The van der Waals surface area contributed by atoms with Crippen LogP contribution < -0.4 is 5.32 Å². The Kier molecular flexibility index (Phi) is 7.65. The normalized spacial score (nSPS) is 15.0. The van der Waals surface area contributed by atoms with Gasteiger partial charge in [-0.05, 0) is 41.5 Å². The highest BCUT2D eigenvalue weighted by atomic mass is 32.2. The Morgan fingerprint density at radius 3 is 2.59 bits per heavy atom. The van der Waals surface area contributed by atoms with Crippen LogP contribution in [0.15, 0.2) is 28.5 Å². The van der Waals surface area contributed by atoms with Gasteiger partial charge in [0, 0.05) is 18.7 Å². The zero-order valence-corrected chi connectivity index (χ0v) is 19.6. The lowest BCUT2D eigenvalue weighted by Gasteiger charge is -2.26. The number of anilines is 1. The predicted octanol–water partition coefficient (Wildman–Crippen LogP) is 3.15. The molecule has 1 aliphatic heterocycles. The van der Waals surface area contributed by atoms with Gasteiger partial charge in [0.1, 0.15) is 15.7 Å². The van der Waals surface area contributed by atoms with E-state index in [2.05, 4.69) is 5.32 Å². The number of morpholine rings is 1. The fourth-order valence-corrected chi connectivity index (χ4v) is 5.80. The molecule has 0 aliphatic carbocycles. The summed E-state index contributed by atoms with van der Waals surface area (Å²) in [6, 6.07) is 3.15. The van der Waals surface area contributed by atoms with Gasteiger partial charge in [0.2, 0.25) is 10.0 Å². The van der Waals surface area contributed by atoms with Gasteiger partial charge in [-0.25, -0.2) is 17.6 Å². The Morgan fingerprint density at radius 1 is 1.28 bits per heavy atom. The fourth-order valence-electron chi connectivity index (χ4n) is 3.35. The molecular formula is C21H25FN2O6S2. The van der Waals surface area contributed by atoms with E-state index in [-0.39, 0.29) is 43.3 Å². The van der Waals surface area contributed by atoms with E-state index < -0.39 is 32.6 Å². The Morgan fingerprint density at radius 2 is 1.97 bits per heavy atom. The summed E-state index contributed by atoms with van der Waals surface area (Å²) >= 11 is 1.17. The van der Waals surface area contributed by atoms with Gasteiger partial charge in [-0.1, -0.05) is 13.8 Å². The number of methoxy groups -OCH3 is 1. The molecule has 0 radical (unpaired) electrons. The Balaban J connectivity index is 1.90. The first-order valence-electron chi connectivity index (χ1n) is 10.0. The van der Waals surface area contributed by atoms with Crippen LogP contribution in [0.4, 0.5) is 9.39 Å². The second-order valence-corrected chi connectivity index (χ2v) is 10.5. The van der Waals surface area contributed by atoms with Crippen LogP contribution in [0.5, 0.6) is 0 Å². The Bertz CT molecular complexity index is 1110. The minimum Gasteiger partial charge on any atom is -0.465 e. The summed E-state index contributed by atoms with van der Waals surface area (Å²) in [5.41, 5.74) is 0.970. The van der Waals surface area contributed by atoms with Gasteiger partial charge in [0.25, 0.3) is 5.91 Å². The van der Waals surface area contributed by atoms with E-state index in [1.807, 2.05) is 13.8 Å². The predicted molar refractivity (Wildman–Crippen MR) is 118 cm³/mol. The maximum atomic E-state index is 14.4. The molecule has 2 heterocycles. The molecule has 1 N–H and O–H groups in total. The summed E-state index contributed by atoms with van der Waals surface area (Å²) in [5.74, 6) is -1.90. The molecule has 0 spiro atoms. The minimum atomic E-state index is -4.13. The lowest BCUT2D eigenvalue weighted by molar-refractivity contribution is 0.0601. The maximum absolute atomic E-state index is 14.4. The molecule has 0 unspecified atom stereocenters. The second-order valence-electron chi connectivity index (χ2n) is 7.67. The number of nitrogens with zero attached hydrogens (tertiary/aromatic N) is 1. The van der Waals surface area contributed by atoms with Crippen LogP contribution in [0.25, 0.3) is 0 Å². The van der Waals surface area contributed by atoms with Gasteiger partial charge in [-0.3, -0.25) is 4.79 Å². The number of hydrogen-bond donors (Lipinski definition) is 1. The van der Waals surface area contributed by atoms with Crippen molar-refractivity contribution in [2.75, 3.05) is 38.7 Å². The molecule has 1 saturated heterocycles. The van der Waals surface area contributed by atoms with Crippen LogP contribution in [-0.2, 0) is 25.9 Å². The van der Waals surface area contributed by atoms with Crippen LogP contribution in [0.1, 0.15) is 40.1 Å². The first kappa shape index (κ1) is 24.3. The van der Waals surface area contributed by atoms with E-state index in [1.165, 1.54) is 24.5 Å². The van der Waals surface area contributed by atoms with E-state index in [4.69, 9.17) is 9.47 Å². The molecule has 1 aliphatic rings. The average molecular weight is 485 g/mol. The highest BCUT2D eigenvalue weighted by molar-refractivity contribution is 7.89. The standard InChI is InChI=1S/C21H25FN2O6S2/c1-13(2)10-15-12-31-20(18(15)21(26)29-3)23-19(25)14-4-5-16(22)17(11-14)32(27,28)24-6-8-30-9-7-24/h4-5,11-13H,6-10H2,1-3H3,(H,23,25). The van der Waals surface area contributed by atoms with E-state index in [1.54, 1.807) is 5.38 Å². The topological polar surface area (TPSA) is 102 Å². The van der Waals surface area contributed by atoms with Crippen molar-refractivity contribution >= 4 is 38.2 Å². The fraction of sp³-hybridized carbons (Fsp3) is 0.429. The molecule has 8 nitrogen and oxygen atoms in total. The number of nitrogens with one attached hydrogen (secondary N) is 1. The summed E-state index contributed by atoms with van der Waals surface area (Å²) in [4.78, 5) is 24.6. The number of thiophene rings is 1. The van der Waals surface area contributed by atoms with Crippen LogP contribution in [0, 0.1) is 11.7 Å². The smallest absolute Gasteiger partial charge is 0.341 e. The zero-order valence-electron chi connectivity index (χ0n) is 18.0. The minimum absolute atomic E-state index is 0.0483. The molecule has 0 bridgehead atoms. The van der Waals surface area contributed by atoms with Crippen LogP contribution in [0.3, 0.4) is 0 Å². The SMILES string of the molecule is COC(=O)c1c(CC(C)C)csc1NC(=O)c1ccc(F)c(S(=O)(=O)N2CCOCC2)c1. The molecule has 11 heteroatoms. The van der Waals surface area contributed by atoms with Crippen molar-refractivity contribution in [2.24, 2.45) is 5.92 Å². The Labute approximate surface area is 190 Å². The van der Waals surface area contributed by atoms with Gasteiger partial charge in [0.05, 0.1) is 25.9 Å². The third kappa shape index (κ3) is 5.17. The van der Waals surface area contributed by atoms with E-state index in [9.17, 15) is 22.4 Å². The van der Waals surface area contributed by atoms with E-state index >= 15 is 0 Å². The number of benzene rings is 1. The van der Waals surface area contributed by atoms with Crippen molar-refractivity contribution < 1.29 is 31.9 Å². The van der Waals surface area contributed by atoms with Crippen molar-refractivity contribution in [1.82, 2.24) is 4.31 Å². The number of halogens is 1. The summed E-state index contributed by atoms with van der Waals surface area (Å²) in [6.45, 7) is 4.66. The number of rotatable bonds is 7. The monoisotopic (exact) mass is 484 g/mol. The van der Waals surface area contributed by atoms with Crippen molar-refractivity contribution in [2.45, 2.75) is 25.2 Å². The van der Waals surface area contributed by atoms with Crippen molar-refractivity contribution in [1.29, 1.82) is 0 Å². The molecule has 1 aromatic carbocycles. The van der Waals surface area contributed by atoms with Gasteiger partial charge >= 0.3 is 5.97 Å². The number of sulfonamides is 1. The third-order valence-corrected chi connectivity index (χ3v) is 7.75. The number of ether oxygens (including phenoxy) is 2. The summed E-state index contributed by atoms with van der Waals surface area (Å²) in [7, 11) is -2.87. The quantitative estimate of drug-likeness (QED) is 0.606. The second kappa shape index (κ2) is 10.1. The zero-order chi connectivity index (χ0) is 23.5. The van der Waals surface area contributed by atoms with E-state index in [0.717, 1.165) is 22.0 Å². The van der Waals surface area contributed by atoms with Gasteiger partial charge < -0.3 is 14.8 Å². The molecule has 3 rings (SSSR count).